The first kappa shape index (κ1) is 15.0. The van der Waals surface area contributed by atoms with Crippen molar-refractivity contribution in [2.45, 2.75) is 19.4 Å². The number of halogens is 1. The molecule has 1 aromatic carbocycles. The van der Waals surface area contributed by atoms with E-state index in [0.717, 1.165) is 12.1 Å². The van der Waals surface area contributed by atoms with Crippen molar-refractivity contribution >= 4 is 11.8 Å². The van der Waals surface area contributed by atoms with Gasteiger partial charge in [0.15, 0.2) is 0 Å². The third kappa shape index (κ3) is 2.50. The molecule has 1 N–H and O–H groups in total. The van der Waals surface area contributed by atoms with E-state index in [9.17, 15) is 14.0 Å². The predicted molar refractivity (Wildman–Crippen MR) is 83.6 cm³/mol. The lowest BCUT2D eigenvalue weighted by molar-refractivity contribution is -0.128. The number of benzene rings is 1. The maximum absolute atomic E-state index is 13.8. The first-order valence-corrected chi connectivity index (χ1v) is 7.91. The molecule has 6 nitrogen and oxygen atoms in total. The molecule has 1 unspecified atom stereocenters. The Morgan fingerprint density at radius 2 is 2.12 bits per heavy atom. The molecule has 2 fully saturated rings. The molecule has 4 rings (SSSR count). The van der Waals surface area contributed by atoms with Crippen molar-refractivity contribution in [1.82, 2.24) is 20.0 Å². The first-order valence-electron chi connectivity index (χ1n) is 7.91. The summed E-state index contributed by atoms with van der Waals surface area (Å²) in [6.45, 7) is 1.94. The fourth-order valence-electron chi connectivity index (χ4n) is 3.58. The van der Waals surface area contributed by atoms with E-state index in [1.807, 2.05) is 0 Å². The number of carbonyl (C=O) groups excluding carboxylic acids is 2. The minimum absolute atomic E-state index is 0.156. The smallest absolute Gasteiger partial charge is 0.234 e. The normalized spacial score (nSPS) is 24.0. The molecule has 1 atom stereocenters. The van der Waals surface area contributed by atoms with E-state index in [4.69, 9.17) is 0 Å². The molecular weight excluding hydrogens is 311 g/mol. The Kier molecular flexibility index (Phi) is 3.45. The van der Waals surface area contributed by atoms with Crippen LogP contribution in [0.25, 0.3) is 5.69 Å². The molecule has 3 heterocycles. The van der Waals surface area contributed by atoms with Crippen LogP contribution in [-0.4, -0.2) is 39.6 Å². The number of aromatic nitrogens is 2. The average Bonchev–Trinajstić information content (AvgIpc) is 3.22. The third-order valence-electron chi connectivity index (χ3n) is 4.81. The van der Waals surface area contributed by atoms with Crippen LogP contribution in [0.4, 0.5) is 4.39 Å². The average molecular weight is 328 g/mol. The summed E-state index contributed by atoms with van der Waals surface area (Å²) in [6, 6.07) is 6.47. The van der Waals surface area contributed by atoms with Crippen molar-refractivity contribution in [3.05, 3.63) is 48.0 Å². The van der Waals surface area contributed by atoms with Gasteiger partial charge in [0, 0.05) is 31.3 Å². The standard InChI is InChI=1S/C17H17FN4O2/c18-13-3-1-2-4-14(13)22-10-12(8-19-22)9-21-6-5-17(11-21)7-15(23)20-16(17)24/h1-4,8,10H,5-7,9,11H2,(H,20,23,24). The van der Waals surface area contributed by atoms with Gasteiger partial charge in [-0.1, -0.05) is 12.1 Å². The Morgan fingerprint density at radius 1 is 1.29 bits per heavy atom. The number of likely N-dealkylation sites (tertiary alicyclic amines) is 1. The zero-order valence-corrected chi connectivity index (χ0v) is 13.0. The maximum Gasteiger partial charge on any atom is 0.234 e. The van der Waals surface area contributed by atoms with Gasteiger partial charge in [0.1, 0.15) is 11.5 Å². The number of nitrogens with one attached hydrogen (secondary N) is 1. The zero-order valence-electron chi connectivity index (χ0n) is 13.0. The molecule has 0 radical (unpaired) electrons. The molecule has 1 aromatic heterocycles. The van der Waals surface area contributed by atoms with E-state index < -0.39 is 5.41 Å². The third-order valence-corrected chi connectivity index (χ3v) is 4.81. The molecule has 124 valence electrons. The summed E-state index contributed by atoms with van der Waals surface area (Å²) >= 11 is 0. The van der Waals surface area contributed by atoms with Gasteiger partial charge in [-0.05, 0) is 25.1 Å². The fourth-order valence-corrected chi connectivity index (χ4v) is 3.58. The highest BCUT2D eigenvalue weighted by Crippen LogP contribution is 2.38. The van der Waals surface area contributed by atoms with Gasteiger partial charge in [-0.15, -0.1) is 0 Å². The monoisotopic (exact) mass is 328 g/mol. The van der Waals surface area contributed by atoms with Crippen molar-refractivity contribution in [2.24, 2.45) is 5.41 Å². The largest absolute Gasteiger partial charge is 0.298 e. The van der Waals surface area contributed by atoms with Gasteiger partial charge in [0.2, 0.25) is 11.8 Å². The molecule has 0 saturated carbocycles. The van der Waals surface area contributed by atoms with Crippen LogP contribution in [0.1, 0.15) is 18.4 Å². The molecule has 24 heavy (non-hydrogen) atoms. The summed E-state index contributed by atoms with van der Waals surface area (Å²) in [6.07, 6.45) is 4.46. The summed E-state index contributed by atoms with van der Waals surface area (Å²) in [5.74, 6) is -0.667. The molecule has 0 aliphatic carbocycles. The highest BCUT2D eigenvalue weighted by Gasteiger charge is 2.50. The second-order valence-electron chi connectivity index (χ2n) is 6.54. The Morgan fingerprint density at radius 3 is 2.88 bits per heavy atom. The van der Waals surface area contributed by atoms with Crippen molar-refractivity contribution in [1.29, 1.82) is 0 Å². The lowest BCUT2D eigenvalue weighted by Gasteiger charge is -2.19. The number of carbonyl (C=O) groups is 2. The van der Waals surface area contributed by atoms with Crippen LogP contribution in [0.2, 0.25) is 0 Å². The lowest BCUT2D eigenvalue weighted by atomic mass is 9.85. The van der Waals surface area contributed by atoms with Gasteiger partial charge in [-0.25, -0.2) is 9.07 Å². The SMILES string of the molecule is O=C1CC2(CCN(Cc3cnn(-c4ccccc4F)c3)C2)C(=O)N1. The van der Waals surface area contributed by atoms with Gasteiger partial charge in [0.25, 0.3) is 0 Å². The highest BCUT2D eigenvalue weighted by molar-refractivity contribution is 6.06. The quantitative estimate of drug-likeness (QED) is 0.861. The van der Waals surface area contributed by atoms with E-state index in [1.165, 1.54) is 10.7 Å². The number of para-hydroxylation sites is 1. The van der Waals surface area contributed by atoms with E-state index in [1.54, 1.807) is 30.6 Å². The lowest BCUT2D eigenvalue weighted by Crippen LogP contribution is -2.34. The fraction of sp³-hybridized carbons (Fsp3) is 0.353. The number of nitrogens with zero attached hydrogens (tertiary/aromatic N) is 3. The summed E-state index contributed by atoms with van der Waals surface area (Å²) in [4.78, 5) is 25.6. The topological polar surface area (TPSA) is 67.2 Å². The number of amides is 2. The first-order chi connectivity index (χ1) is 11.6. The van der Waals surface area contributed by atoms with Gasteiger partial charge in [-0.2, -0.15) is 5.10 Å². The van der Waals surface area contributed by atoms with Crippen LogP contribution in [-0.2, 0) is 16.1 Å². The molecule has 2 aliphatic rings. The number of hydrogen-bond donors (Lipinski definition) is 1. The summed E-state index contributed by atoms with van der Waals surface area (Å²) in [7, 11) is 0. The highest BCUT2D eigenvalue weighted by atomic mass is 19.1. The zero-order chi connectivity index (χ0) is 16.7. The number of hydrogen-bond acceptors (Lipinski definition) is 4. The van der Waals surface area contributed by atoms with Crippen LogP contribution in [0.3, 0.4) is 0 Å². The molecule has 7 heteroatoms. The van der Waals surface area contributed by atoms with Crippen LogP contribution in [0.5, 0.6) is 0 Å². The van der Waals surface area contributed by atoms with E-state index in [0.29, 0.717) is 25.2 Å². The van der Waals surface area contributed by atoms with Crippen molar-refractivity contribution in [3.8, 4) is 5.69 Å². The molecule has 1 spiro atoms. The van der Waals surface area contributed by atoms with Crippen molar-refractivity contribution < 1.29 is 14.0 Å². The van der Waals surface area contributed by atoms with Gasteiger partial charge >= 0.3 is 0 Å². The van der Waals surface area contributed by atoms with Crippen LogP contribution >= 0.6 is 0 Å². The Labute approximate surface area is 138 Å². The maximum atomic E-state index is 13.8. The predicted octanol–water partition coefficient (Wildman–Crippen LogP) is 1.25. The molecule has 2 aliphatic heterocycles. The molecular formula is C17H17FN4O2. The number of rotatable bonds is 3. The van der Waals surface area contributed by atoms with E-state index in [2.05, 4.69) is 15.3 Å². The van der Waals surface area contributed by atoms with Crippen LogP contribution in [0, 0.1) is 11.2 Å². The second-order valence-corrected chi connectivity index (χ2v) is 6.54. The van der Waals surface area contributed by atoms with Crippen LogP contribution < -0.4 is 5.32 Å². The molecule has 0 bridgehead atoms. The Bertz CT molecular complexity index is 818. The summed E-state index contributed by atoms with van der Waals surface area (Å²) < 4.78 is 15.3. The van der Waals surface area contributed by atoms with Crippen LogP contribution in [0.15, 0.2) is 36.7 Å². The van der Waals surface area contributed by atoms with Gasteiger partial charge in [-0.3, -0.25) is 19.8 Å². The minimum Gasteiger partial charge on any atom is -0.298 e. The Hall–Kier alpha value is -2.54. The summed E-state index contributed by atoms with van der Waals surface area (Å²) in [5, 5.41) is 6.63. The Balaban J connectivity index is 1.47. The minimum atomic E-state index is -0.571. The van der Waals surface area contributed by atoms with E-state index >= 15 is 0 Å². The number of imide groups is 1. The van der Waals surface area contributed by atoms with Gasteiger partial charge in [0.05, 0.1) is 11.6 Å². The molecule has 2 amide bonds. The van der Waals surface area contributed by atoms with Crippen molar-refractivity contribution in [3.63, 3.8) is 0 Å². The van der Waals surface area contributed by atoms with Gasteiger partial charge < -0.3 is 0 Å². The molecule has 2 saturated heterocycles. The van der Waals surface area contributed by atoms with E-state index in [-0.39, 0.29) is 24.1 Å². The van der Waals surface area contributed by atoms with Crippen molar-refractivity contribution in [2.75, 3.05) is 13.1 Å². The summed E-state index contributed by atoms with van der Waals surface area (Å²) in [5.41, 5.74) is 0.779. The second kappa shape index (κ2) is 5.52. The molecule has 2 aromatic rings.